The molecule has 0 aliphatic carbocycles. The first-order valence-corrected chi connectivity index (χ1v) is 10.1. The molecule has 1 N–H and O–H groups in total. The van der Waals surface area contributed by atoms with Crippen molar-refractivity contribution in [2.24, 2.45) is 0 Å². The van der Waals surface area contributed by atoms with Crippen LogP contribution in [0.2, 0.25) is 0 Å². The van der Waals surface area contributed by atoms with E-state index in [4.69, 9.17) is 4.74 Å². The number of nitrogens with zero attached hydrogens (tertiary/aromatic N) is 3. The molecule has 1 aliphatic rings. The maximum absolute atomic E-state index is 12.8. The van der Waals surface area contributed by atoms with Crippen LogP contribution in [0.3, 0.4) is 0 Å². The minimum Gasteiger partial charge on any atom is -0.383 e. The van der Waals surface area contributed by atoms with Crippen LogP contribution in [0, 0.1) is 0 Å². The topological polar surface area (TPSA) is 78.5 Å². The van der Waals surface area contributed by atoms with Crippen molar-refractivity contribution in [3.8, 4) is 0 Å². The summed E-state index contributed by atoms with van der Waals surface area (Å²) >= 11 is 0. The van der Waals surface area contributed by atoms with Crippen LogP contribution in [0.5, 0.6) is 0 Å². The molecule has 3 rings (SSSR count). The van der Waals surface area contributed by atoms with Crippen molar-refractivity contribution in [3.63, 3.8) is 0 Å². The lowest BCUT2D eigenvalue weighted by Crippen LogP contribution is -2.47. The molecule has 25 heavy (non-hydrogen) atoms. The summed E-state index contributed by atoms with van der Waals surface area (Å²) in [5.41, 5.74) is 2.18. The Bertz CT molecular complexity index is 805. The molecule has 1 aromatic heterocycles. The average molecular weight is 366 g/mol. The van der Waals surface area contributed by atoms with Crippen molar-refractivity contribution >= 4 is 20.9 Å². The van der Waals surface area contributed by atoms with Gasteiger partial charge in [0.15, 0.2) is 0 Å². The highest BCUT2D eigenvalue weighted by molar-refractivity contribution is 7.89. The lowest BCUT2D eigenvalue weighted by molar-refractivity contribution is 0.182. The van der Waals surface area contributed by atoms with Crippen molar-refractivity contribution in [1.29, 1.82) is 0 Å². The van der Waals surface area contributed by atoms with Gasteiger partial charge in [-0.05, 0) is 31.0 Å². The van der Waals surface area contributed by atoms with Crippen LogP contribution in [-0.4, -0.2) is 73.5 Å². The van der Waals surface area contributed by atoms with E-state index in [0.717, 1.165) is 36.8 Å². The molecular formula is C17H26N4O3S. The number of hydrogen-bond acceptors (Lipinski definition) is 5. The molecule has 8 heteroatoms. The number of nitrogens with one attached hydrogen (secondary N) is 1. The number of rotatable bonds is 7. The number of fused-ring (bicyclic) bond motifs is 1. The van der Waals surface area contributed by atoms with Crippen LogP contribution in [-0.2, 0) is 21.3 Å². The lowest BCUT2D eigenvalue weighted by atomic mass is 10.1. The van der Waals surface area contributed by atoms with E-state index in [2.05, 4.69) is 27.2 Å². The largest absolute Gasteiger partial charge is 0.383 e. The number of aromatic amines is 1. The van der Waals surface area contributed by atoms with Gasteiger partial charge in [0.1, 0.15) is 0 Å². The first-order chi connectivity index (χ1) is 12.0. The lowest BCUT2D eigenvalue weighted by Gasteiger charge is -2.34. The summed E-state index contributed by atoms with van der Waals surface area (Å²) in [5, 5.41) is 7.76. The van der Waals surface area contributed by atoms with Crippen LogP contribution < -0.4 is 0 Å². The molecule has 1 fully saturated rings. The van der Waals surface area contributed by atoms with Gasteiger partial charge in [-0.15, -0.1) is 0 Å². The van der Waals surface area contributed by atoms with Crippen molar-refractivity contribution < 1.29 is 13.2 Å². The molecule has 0 amide bonds. The first-order valence-electron chi connectivity index (χ1n) is 8.59. The number of sulfonamides is 1. The first kappa shape index (κ1) is 18.3. The number of piperidine rings is 1. The van der Waals surface area contributed by atoms with Gasteiger partial charge >= 0.3 is 0 Å². The van der Waals surface area contributed by atoms with Gasteiger partial charge in [0.25, 0.3) is 0 Å². The zero-order valence-corrected chi connectivity index (χ0v) is 15.6. The van der Waals surface area contributed by atoms with E-state index in [1.165, 1.54) is 9.87 Å². The van der Waals surface area contributed by atoms with Crippen LogP contribution in [0.25, 0.3) is 10.9 Å². The van der Waals surface area contributed by atoms with E-state index in [0.29, 0.717) is 19.7 Å². The van der Waals surface area contributed by atoms with E-state index in [1.807, 2.05) is 6.07 Å². The highest BCUT2D eigenvalue weighted by Crippen LogP contribution is 2.22. The Balaban J connectivity index is 1.66. The molecule has 2 heterocycles. The number of hydrogen-bond donors (Lipinski definition) is 1. The Labute approximate surface area is 149 Å². The summed E-state index contributed by atoms with van der Waals surface area (Å²) in [4.78, 5) is 2.23. The maximum atomic E-state index is 12.8. The van der Waals surface area contributed by atoms with Crippen molar-refractivity contribution in [2.75, 3.05) is 40.4 Å². The Morgan fingerprint density at radius 3 is 3.08 bits per heavy atom. The molecular weight excluding hydrogens is 340 g/mol. The molecule has 7 nitrogen and oxygen atoms in total. The zero-order chi connectivity index (χ0) is 17.9. The molecule has 0 spiro atoms. The Morgan fingerprint density at radius 1 is 1.44 bits per heavy atom. The van der Waals surface area contributed by atoms with Crippen LogP contribution in [0.15, 0.2) is 24.4 Å². The SMILES string of the molecule is COCCN(C)S(=O)(=O)C1CCCN(Cc2ccc3cn[nH]c3c2)C1. The second-order valence-corrected chi connectivity index (χ2v) is 8.97. The summed E-state index contributed by atoms with van der Waals surface area (Å²) < 4.78 is 32.0. The van der Waals surface area contributed by atoms with Gasteiger partial charge in [-0.25, -0.2) is 12.7 Å². The predicted molar refractivity (Wildman–Crippen MR) is 97.8 cm³/mol. The molecule has 1 saturated heterocycles. The summed E-state index contributed by atoms with van der Waals surface area (Å²) in [5.74, 6) is 0. The van der Waals surface area contributed by atoms with Crippen molar-refractivity contribution in [2.45, 2.75) is 24.6 Å². The number of ether oxygens (including phenoxy) is 1. The zero-order valence-electron chi connectivity index (χ0n) is 14.8. The quantitative estimate of drug-likeness (QED) is 0.802. The minimum atomic E-state index is -3.29. The second-order valence-electron chi connectivity index (χ2n) is 6.65. The monoisotopic (exact) mass is 366 g/mol. The normalized spacial score (nSPS) is 19.7. The second kappa shape index (κ2) is 7.82. The van der Waals surface area contributed by atoms with Crippen LogP contribution in [0.4, 0.5) is 0 Å². The molecule has 1 aliphatic heterocycles. The summed E-state index contributed by atoms with van der Waals surface area (Å²) in [6.07, 6.45) is 3.42. The molecule has 1 atom stereocenters. The number of methoxy groups -OCH3 is 1. The Hall–Kier alpha value is -1.48. The van der Waals surface area contributed by atoms with Gasteiger partial charge in [0, 0.05) is 39.2 Å². The molecule has 0 saturated carbocycles. The average Bonchev–Trinajstić information content (AvgIpc) is 3.07. The standard InChI is InChI=1S/C17H26N4O3S/c1-20(8-9-24-2)25(22,23)16-4-3-7-21(13-16)12-14-5-6-15-11-18-19-17(15)10-14/h5-6,10-11,16H,3-4,7-9,12-13H2,1-2H3,(H,18,19). The highest BCUT2D eigenvalue weighted by Gasteiger charge is 2.33. The molecule has 1 aromatic carbocycles. The van der Waals surface area contributed by atoms with Crippen molar-refractivity contribution in [1.82, 2.24) is 19.4 Å². The van der Waals surface area contributed by atoms with Crippen molar-refractivity contribution in [3.05, 3.63) is 30.0 Å². The van der Waals surface area contributed by atoms with E-state index in [1.54, 1.807) is 20.4 Å². The summed E-state index contributed by atoms with van der Waals surface area (Å²) in [6, 6.07) is 6.22. The van der Waals surface area contributed by atoms with Gasteiger partial charge in [0.05, 0.1) is 23.6 Å². The third-order valence-electron chi connectivity index (χ3n) is 4.84. The van der Waals surface area contributed by atoms with E-state index in [9.17, 15) is 8.42 Å². The number of likely N-dealkylation sites (N-methyl/N-ethyl adjacent to an activating group) is 1. The fourth-order valence-electron chi connectivity index (χ4n) is 3.34. The van der Waals surface area contributed by atoms with Gasteiger partial charge in [0.2, 0.25) is 10.0 Å². The molecule has 138 valence electrons. The van der Waals surface area contributed by atoms with Gasteiger partial charge in [-0.1, -0.05) is 12.1 Å². The fraction of sp³-hybridized carbons (Fsp3) is 0.588. The number of benzene rings is 1. The van der Waals surface area contributed by atoms with Crippen LogP contribution in [0.1, 0.15) is 18.4 Å². The number of likely N-dealkylation sites (tertiary alicyclic amines) is 1. The smallest absolute Gasteiger partial charge is 0.218 e. The molecule has 0 bridgehead atoms. The number of H-pyrrole nitrogens is 1. The van der Waals surface area contributed by atoms with Gasteiger partial charge < -0.3 is 4.74 Å². The Morgan fingerprint density at radius 2 is 2.28 bits per heavy atom. The molecule has 2 aromatic rings. The van der Waals surface area contributed by atoms with Crippen LogP contribution >= 0.6 is 0 Å². The third kappa shape index (κ3) is 4.20. The molecule has 1 unspecified atom stereocenters. The minimum absolute atomic E-state index is 0.348. The number of aromatic nitrogens is 2. The van der Waals surface area contributed by atoms with Gasteiger partial charge in [-0.3, -0.25) is 10.00 Å². The fourth-order valence-corrected chi connectivity index (χ4v) is 5.04. The third-order valence-corrected chi connectivity index (χ3v) is 7.12. The van der Waals surface area contributed by atoms with Gasteiger partial charge in [-0.2, -0.15) is 5.10 Å². The highest BCUT2D eigenvalue weighted by atomic mass is 32.2. The van der Waals surface area contributed by atoms with E-state index >= 15 is 0 Å². The molecule has 0 radical (unpaired) electrons. The van der Waals surface area contributed by atoms with E-state index in [-0.39, 0.29) is 5.25 Å². The Kier molecular flexibility index (Phi) is 5.73. The van der Waals surface area contributed by atoms with E-state index < -0.39 is 10.0 Å². The summed E-state index contributed by atoms with van der Waals surface area (Å²) in [6.45, 7) is 3.06. The summed E-state index contributed by atoms with van der Waals surface area (Å²) in [7, 11) is -0.0687. The predicted octanol–water partition coefficient (Wildman–Crippen LogP) is 1.44. The maximum Gasteiger partial charge on any atom is 0.218 e.